The van der Waals surface area contributed by atoms with Gasteiger partial charge in [-0.15, -0.1) is 0 Å². The Morgan fingerprint density at radius 3 is 2.85 bits per heavy atom. The Kier molecular flexibility index (Phi) is 3.57. The highest BCUT2D eigenvalue weighted by Gasteiger charge is 2.32. The van der Waals surface area contributed by atoms with Crippen LogP contribution in [0, 0.1) is 0 Å². The quantitative estimate of drug-likeness (QED) is 0.881. The largest absolute Gasteiger partial charge is 0.385 e. The van der Waals surface area contributed by atoms with Gasteiger partial charge in [-0.2, -0.15) is 0 Å². The molecule has 0 bridgehead atoms. The van der Waals surface area contributed by atoms with E-state index in [9.17, 15) is 5.11 Å². The Bertz CT molecular complexity index is 589. The first kappa shape index (κ1) is 13.7. The fraction of sp³-hybridized carbons (Fsp3) is 0.529. The van der Waals surface area contributed by atoms with E-state index in [1.807, 2.05) is 6.20 Å². The van der Waals surface area contributed by atoms with Crippen molar-refractivity contribution >= 4 is 10.9 Å². The number of aliphatic hydroxyl groups is 1. The van der Waals surface area contributed by atoms with E-state index in [4.69, 9.17) is 0 Å². The summed E-state index contributed by atoms with van der Waals surface area (Å²) in [4.78, 5) is 5.67. The van der Waals surface area contributed by atoms with Gasteiger partial charge < -0.3 is 15.0 Å². The van der Waals surface area contributed by atoms with Crippen LogP contribution in [0.15, 0.2) is 30.5 Å². The number of benzene rings is 1. The van der Waals surface area contributed by atoms with Crippen molar-refractivity contribution in [2.75, 3.05) is 13.1 Å². The summed E-state index contributed by atoms with van der Waals surface area (Å²) >= 11 is 0. The zero-order chi connectivity index (χ0) is 14.2. The highest BCUT2D eigenvalue weighted by molar-refractivity contribution is 5.80. The number of hydrogen-bond donors (Lipinski definition) is 2. The molecule has 0 spiro atoms. The van der Waals surface area contributed by atoms with Gasteiger partial charge >= 0.3 is 0 Å². The fourth-order valence-corrected chi connectivity index (χ4v) is 3.29. The molecular weight excluding hydrogens is 248 g/mol. The summed E-state index contributed by atoms with van der Waals surface area (Å²) in [6.45, 7) is 6.53. The first-order chi connectivity index (χ1) is 9.58. The van der Waals surface area contributed by atoms with E-state index in [1.165, 1.54) is 5.39 Å². The van der Waals surface area contributed by atoms with Crippen LogP contribution in [-0.4, -0.2) is 34.1 Å². The van der Waals surface area contributed by atoms with Gasteiger partial charge in [0.15, 0.2) is 0 Å². The van der Waals surface area contributed by atoms with E-state index in [0.29, 0.717) is 6.04 Å². The molecule has 0 saturated carbocycles. The van der Waals surface area contributed by atoms with Crippen molar-refractivity contribution < 1.29 is 5.11 Å². The van der Waals surface area contributed by atoms with Crippen LogP contribution < -0.4 is 0 Å². The number of nitrogens with zero attached hydrogens (tertiary/aromatic N) is 1. The monoisotopic (exact) mass is 272 g/mol. The van der Waals surface area contributed by atoms with Gasteiger partial charge in [0.2, 0.25) is 0 Å². The third-order valence-corrected chi connectivity index (χ3v) is 4.67. The smallest absolute Gasteiger partial charge is 0.0909 e. The standard InChI is InChI=1S/C17H24N2O/c1-13(2)19-10-3-7-17(20,8-11-19)15-4-5-16-14(12-15)6-9-18-16/h4-6,9,12-13,18,20H,3,7-8,10-11H2,1-2H3. The van der Waals surface area contributed by atoms with Crippen molar-refractivity contribution in [3.8, 4) is 0 Å². The molecule has 1 saturated heterocycles. The highest BCUT2D eigenvalue weighted by Crippen LogP contribution is 2.34. The maximum atomic E-state index is 11.1. The molecule has 0 aliphatic carbocycles. The zero-order valence-electron chi connectivity index (χ0n) is 12.4. The minimum absolute atomic E-state index is 0.560. The Labute approximate surface area is 120 Å². The van der Waals surface area contributed by atoms with E-state index in [1.54, 1.807) is 0 Å². The van der Waals surface area contributed by atoms with Gasteiger partial charge in [-0.3, -0.25) is 0 Å². The lowest BCUT2D eigenvalue weighted by molar-refractivity contribution is 0.0205. The van der Waals surface area contributed by atoms with Crippen LogP contribution in [0.2, 0.25) is 0 Å². The van der Waals surface area contributed by atoms with Gasteiger partial charge in [-0.1, -0.05) is 6.07 Å². The van der Waals surface area contributed by atoms with Crippen LogP contribution in [0.5, 0.6) is 0 Å². The molecule has 2 aromatic rings. The Hall–Kier alpha value is -1.32. The lowest BCUT2D eigenvalue weighted by Crippen LogP contribution is -2.33. The number of aromatic amines is 1. The summed E-state index contributed by atoms with van der Waals surface area (Å²) in [6, 6.07) is 8.91. The molecule has 1 aliphatic rings. The van der Waals surface area contributed by atoms with Crippen molar-refractivity contribution in [2.24, 2.45) is 0 Å². The van der Waals surface area contributed by atoms with E-state index < -0.39 is 5.60 Å². The maximum Gasteiger partial charge on any atom is 0.0909 e. The number of fused-ring (bicyclic) bond motifs is 1. The third kappa shape index (κ3) is 2.48. The van der Waals surface area contributed by atoms with E-state index in [2.05, 4.69) is 48.0 Å². The van der Waals surface area contributed by atoms with Gasteiger partial charge in [0, 0.05) is 24.3 Å². The lowest BCUT2D eigenvalue weighted by Gasteiger charge is -2.28. The minimum Gasteiger partial charge on any atom is -0.385 e. The average molecular weight is 272 g/mol. The van der Waals surface area contributed by atoms with Crippen LogP contribution in [0.1, 0.15) is 38.7 Å². The molecule has 1 fully saturated rings. The second-order valence-corrected chi connectivity index (χ2v) is 6.29. The van der Waals surface area contributed by atoms with Crippen molar-refractivity contribution in [3.63, 3.8) is 0 Å². The molecule has 0 amide bonds. The maximum absolute atomic E-state index is 11.1. The normalized spacial score (nSPS) is 25.2. The van der Waals surface area contributed by atoms with Crippen molar-refractivity contribution in [2.45, 2.75) is 44.8 Å². The fourth-order valence-electron chi connectivity index (χ4n) is 3.29. The molecule has 1 aliphatic heterocycles. The molecule has 3 heteroatoms. The van der Waals surface area contributed by atoms with Crippen molar-refractivity contribution in [1.29, 1.82) is 0 Å². The van der Waals surface area contributed by atoms with Gasteiger partial charge in [0.1, 0.15) is 0 Å². The summed E-state index contributed by atoms with van der Waals surface area (Å²) < 4.78 is 0. The average Bonchev–Trinajstić information content (AvgIpc) is 2.80. The summed E-state index contributed by atoms with van der Waals surface area (Å²) in [5.74, 6) is 0. The number of likely N-dealkylation sites (tertiary alicyclic amines) is 1. The molecule has 1 atom stereocenters. The van der Waals surface area contributed by atoms with Crippen LogP contribution in [0.25, 0.3) is 10.9 Å². The van der Waals surface area contributed by atoms with Crippen molar-refractivity contribution in [1.82, 2.24) is 9.88 Å². The number of H-pyrrole nitrogens is 1. The number of rotatable bonds is 2. The number of nitrogens with one attached hydrogen (secondary N) is 1. The van der Waals surface area contributed by atoms with Crippen LogP contribution in [0.3, 0.4) is 0 Å². The molecule has 108 valence electrons. The lowest BCUT2D eigenvalue weighted by atomic mass is 9.86. The highest BCUT2D eigenvalue weighted by atomic mass is 16.3. The molecule has 2 heterocycles. The molecule has 1 unspecified atom stereocenters. The minimum atomic E-state index is -0.672. The summed E-state index contributed by atoms with van der Waals surface area (Å²) in [7, 11) is 0. The van der Waals surface area contributed by atoms with E-state index >= 15 is 0 Å². The second-order valence-electron chi connectivity index (χ2n) is 6.29. The van der Waals surface area contributed by atoms with Gasteiger partial charge in [0.05, 0.1) is 5.60 Å². The first-order valence-electron chi connectivity index (χ1n) is 7.62. The van der Waals surface area contributed by atoms with Gasteiger partial charge in [-0.05, 0) is 68.8 Å². The Morgan fingerprint density at radius 1 is 1.20 bits per heavy atom. The summed E-state index contributed by atoms with van der Waals surface area (Å²) in [5.41, 5.74) is 1.53. The van der Waals surface area contributed by atoms with Crippen LogP contribution >= 0.6 is 0 Å². The molecule has 0 radical (unpaired) electrons. The Morgan fingerprint density at radius 2 is 2.05 bits per heavy atom. The van der Waals surface area contributed by atoms with E-state index in [0.717, 1.165) is 43.4 Å². The molecule has 1 aromatic carbocycles. The summed E-state index contributed by atoms with van der Waals surface area (Å²) in [5, 5.41) is 12.3. The summed E-state index contributed by atoms with van der Waals surface area (Å²) in [6.07, 6.45) is 4.68. The molecule has 1 aromatic heterocycles. The molecule has 3 nitrogen and oxygen atoms in total. The van der Waals surface area contributed by atoms with E-state index in [-0.39, 0.29) is 0 Å². The molecule has 3 rings (SSSR count). The predicted molar refractivity (Wildman–Crippen MR) is 82.8 cm³/mol. The van der Waals surface area contributed by atoms with Gasteiger partial charge in [0.25, 0.3) is 0 Å². The van der Waals surface area contributed by atoms with Crippen molar-refractivity contribution in [3.05, 3.63) is 36.0 Å². The Balaban J connectivity index is 1.87. The number of hydrogen-bond acceptors (Lipinski definition) is 2. The predicted octanol–water partition coefficient (Wildman–Crippen LogP) is 3.25. The number of aromatic nitrogens is 1. The SMILES string of the molecule is CC(C)N1CCCC(O)(c2ccc3[nH]ccc3c2)CC1. The third-order valence-electron chi connectivity index (χ3n) is 4.67. The van der Waals surface area contributed by atoms with Crippen LogP contribution in [0.4, 0.5) is 0 Å². The zero-order valence-corrected chi connectivity index (χ0v) is 12.4. The first-order valence-corrected chi connectivity index (χ1v) is 7.62. The molecule has 20 heavy (non-hydrogen) atoms. The molecule has 2 N–H and O–H groups in total. The van der Waals surface area contributed by atoms with Gasteiger partial charge in [-0.25, -0.2) is 0 Å². The molecular formula is C17H24N2O. The van der Waals surface area contributed by atoms with Crippen LogP contribution in [-0.2, 0) is 5.60 Å². The topological polar surface area (TPSA) is 39.3 Å². The second kappa shape index (κ2) is 5.23.